The highest BCUT2D eigenvalue weighted by Gasteiger charge is 2.37. The summed E-state index contributed by atoms with van der Waals surface area (Å²) in [6.07, 6.45) is 4.42. The first-order chi connectivity index (χ1) is 7.26. The zero-order valence-corrected chi connectivity index (χ0v) is 13.3. The third kappa shape index (κ3) is 3.60. The second-order valence-corrected chi connectivity index (χ2v) is 11.7. The van der Waals surface area contributed by atoms with Crippen molar-refractivity contribution in [1.82, 2.24) is 0 Å². The number of thioether (sulfide) groups is 1. The van der Waals surface area contributed by atoms with Gasteiger partial charge in [-0.25, -0.2) is 0 Å². The lowest BCUT2D eigenvalue weighted by Gasteiger charge is -2.36. The first-order valence-corrected chi connectivity index (χ1v) is 10.1. The fourth-order valence-corrected chi connectivity index (χ4v) is 3.04. The van der Waals surface area contributed by atoms with Gasteiger partial charge in [0.2, 0.25) is 0 Å². The molecule has 0 aliphatic carbocycles. The molecule has 4 heteroatoms. The summed E-state index contributed by atoms with van der Waals surface area (Å²) in [5.74, 6) is 0. The van der Waals surface area contributed by atoms with Crippen molar-refractivity contribution in [3.8, 4) is 0 Å². The second-order valence-electron chi connectivity index (χ2n) is 5.99. The van der Waals surface area contributed by atoms with Crippen molar-refractivity contribution in [1.29, 1.82) is 0 Å². The van der Waals surface area contributed by atoms with Crippen LogP contribution in [0.2, 0.25) is 18.1 Å². The standard InChI is InChI=1S/C12H25NOSSi/c1-12(2,3)16(5,6)14-9-10-7-8-11(13-10)15-4/h10H,7-9H2,1-6H3/t10-/m0/s1. The van der Waals surface area contributed by atoms with Gasteiger partial charge in [0.25, 0.3) is 0 Å². The van der Waals surface area contributed by atoms with Crippen molar-refractivity contribution < 1.29 is 4.43 Å². The molecule has 0 spiro atoms. The van der Waals surface area contributed by atoms with Gasteiger partial charge in [0.05, 0.1) is 17.7 Å². The SMILES string of the molecule is CSC1=N[C@H](CO[Si](C)(C)C(C)(C)C)CC1. The molecular formula is C12H25NOSSi. The van der Waals surface area contributed by atoms with Gasteiger partial charge in [0, 0.05) is 0 Å². The van der Waals surface area contributed by atoms with Crippen LogP contribution < -0.4 is 0 Å². The number of aliphatic imine (C=N–C) groups is 1. The molecule has 0 saturated carbocycles. The molecule has 0 N–H and O–H groups in total. The number of nitrogens with zero attached hydrogens (tertiary/aromatic N) is 1. The smallest absolute Gasteiger partial charge is 0.192 e. The summed E-state index contributed by atoms with van der Waals surface area (Å²) in [7, 11) is -1.58. The molecule has 1 heterocycles. The third-order valence-corrected chi connectivity index (χ3v) is 8.98. The van der Waals surface area contributed by atoms with E-state index in [-0.39, 0.29) is 0 Å². The van der Waals surface area contributed by atoms with E-state index in [1.54, 1.807) is 11.8 Å². The van der Waals surface area contributed by atoms with Crippen LogP contribution in [0.3, 0.4) is 0 Å². The van der Waals surface area contributed by atoms with Crippen LogP contribution in [-0.4, -0.2) is 32.3 Å². The Labute approximate surface area is 105 Å². The molecule has 0 unspecified atom stereocenters. The largest absolute Gasteiger partial charge is 0.415 e. The van der Waals surface area contributed by atoms with Crippen LogP contribution in [0.15, 0.2) is 4.99 Å². The Morgan fingerprint density at radius 2 is 2.06 bits per heavy atom. The van der Waals surface area contributed by atoms with Crippen LogP contribution in [0, 0.1) is 0 Å². The molecule has 1 aliphatic rings. The molecule has 1 rings (SSSR count). The van der Waals surface area contributed by atoms with Gasteiger partial charge < -0.3 is 4.43 Å². The monoisotopic (exact) mass is 259 g/mol. The molecule has 0 aromatic carbocycles. The fraction of sp³-hybridized carbons (Fsp3) is 0.917. The highest BCUT2D eigenvalue weighted by Crippen LogP contribution is 2.37. The summed E-state index contributed by atoms with van der Waals surface area (Å²) < 4.78 is 6.19. The normalized spacial score (nSPS) is 22.4. The molecule has 0 fully saturated rings. The minimum atomic E-state index is -1.58. The van der Waals surface area contributed by atoms with E-state index in [2.05, 4.69) is 45.1 Å². The van der Waals surface area contributed by atoms with Crippen molar-refractivity contribution in [3.05, 3.63) is 0 Å². The topological polar surface area (TPSA) is 21.6 Å². The molecular weight excluding hydrogens is 234 g/mol. The molecule has 0 saturated heterocycles. The number of hydrogen-bond donors (Lipinski definition) is 0. The van der Waals surface area contributed by atoms with Crippen LogP contribution >= 0.6 is 11.8 Å². The lowest BCUT2D eigenvalue weighted by molar-refractivity contribution is 0.263. The van der Waals surface area contributed by atoms with Gasteiger partial charge in [-0.1, -0.05) is 20.8 Å². The average Bonchev–Trinajstić information content (AvgIpc) is 2.60. The van der Waals surface area contributed by atoms with E-state index in [4.69, 9.17) is 4.43 Å². The van der Waals surface area contributed by atoms with Gasteiger partial charge in [0.15, 0.2) is 8.32 Å². The molecule has 94 valence electrons. The quantitative estimate of drug-likeness (QED) is 0.716. The van der Waals surface area contributed by atoms with E-state index in [1.807, 2.05) is 0 Å². The lowest BCUT2D eigenvalue weighted by atomic mass is 10.2. The van der Waals surface area contributed by atoms with E-state index in [1.165, 1.54) is 11.5 Å². The molecule has 2 nitrogen and oxygen atoms in total. The molecule has 0 bridgehead atoms. The van der Waals surface area contributed by atoms with Crippen molar-refractivity contribution in [2.75, 3.05) is 12.9 Å². The Kier molecular flexibility index (Phi) is 4.66. The van der Waals surface area contributed by atoms with Gasteiger partial charge in [0.1, 0.15) is 0 Å². The fourth-order valence-electron chi connectivity index (χ4n) is 1.42. The molecule has 16 heavy (non-hydrogen) atoms. The van der Waals surface area contributed by atoms with Crippen molar-refractivity contribution in [2.24, 2.45) is 4.99 Å². The van der Waals surface area contributed by atoms with Crippen LogP contribution in [-0.2, 0) is 4.43 Å². The highest BCUT2D eigenvalue weighted by atomic mass is 32.2. The highest BCUT2D eigenvalue weighted by molar-refractivity contribution is 8.13. The lowest BCUT2D eigenvalue weighted by Crippen LogP contribution is -2.42. The predicted molar refractivity (Wildman–Crippen MR) is 77.1 cm³/mol. The van der Waals surface area contributed by atoms with Crippen LogP contribution in [0.5, 0.6) is 0 Å². The third-order valence-electron chi connectivity index (χ3n) is 3.70. The average molecular weight is 259 g/mol. The van der Waals surface area contributed by atoms with Crippen molar-refractivity contribution in [3.63, 3.8) is 0 Å². The van der Waals surface area contributed by atoms with E-state index < -0.39 is 8.32 Å². The van der Waals surface area contributed by atoms with Crippen LogP contribution in [0.1, 0.15) is 33.6 Å². The van der Waals surface area contributed by atoms with Crippen molar-refractivity contribution in [2.45, 2.75) is 57.8 Å². The molecule has 0 aromatic rings. The predicted octanol–water partition coefficient (Wildman–Crippen LogP) is 3.93. The van der Waals surface area contributed by atoms with Crippen LogP contribution in [0.25, 0.3) is 0 Å². The van der Waals surface area contributed by atoms with Crippen LogP contribution in [0.4, 0.5) is 0 Å². The Hall–Kier alpha value is 0.197. The summed E-state index contributed by atoms with van der Waals surface area (Å²) in [5, 5.41) is 1.60. The maximum Gasteiger partial charge on any atom is 0.192 e. The van der Waals surface area contributed by atoms with Gasteiger partial charge in [-0.2, -0.15) is 0 Å². The second kappa shape index (κ2) is 5.23. The zero-order chi connectivity index (χ0) is 12.4. The maximum atomic E-state index is 6.19. The van der Waals surface area contributed by atoms with E-state index >= 15 is 0 Å². The Balaban J connectivity index is 2.44. The molecule has 1 aliphatic heterocycles. The first kappa shape index (κ1) is 14.3. The zero-order valence-electron chi connectivity index (χ0n) is 11.5. The van der Waals surface area contributed by atoms with E-state index in [0.29, 0.717) is 11.1 Å². The maximum absolute atomic E-state index is 6.19. The van der Waals surface area contributed by atoms with E-state index in [0.717, 1.165) is 13.0 Å². The van der Waals surface area contributed by atoms with E-state index in [9.17, 15) is 0 Å². The van der Waals surface area contributed by atoms with Crippen molar-refractivity contribution >= 4 is 25.1 Å². The van der Waals surface area contributed by atoms with Gasteiger partial charge in [-0.15, -0.1) is 11.8 Å². The Morgan fingerprint density at radius 1 is 1.44 bits per heavy atom. The van der Waals surface area contributed by atoms with Gasteiger partial charge >= 0.3 is 0 Å². The minimum Gasteiger partial charge on any atom is -0.415 e. The summed E-state index contributed by atoms with van der Waals surface area (Å²) in [6.45, 7) is 12.3. The summed E-state index contributed by atoms with van der Waals surface area (Å²) >= 11 is 1.78. The summed E-state index contributed by atoms with van der Waals surface area (Å²) in [4.78, 5) is 4.67. The Morgan fingerprint density at radius 3 is 2.50 bits per heavy atom. The summed E-state index contributed by atoms with van der Waals surface area (Å²) in [6, 6.07) is 0.413. The first-order valence-electron chi connectivity index (χ1n) is 6.01. The Bertz CT molecular complexity index is 271. The number of rotatable bonds is 3. The van der Waals surface area contributed by atoms with Gasteiger partial charge in [-0.05, 0) is 37.2 Å². The molecule has 0 aromatic heterocycles. The van der Waals surface area contributed by atoms with Gasteiger partial charge in [-0.3, -0.25) is 4.99 Å². The molecule has 0 amide bonds. The minimum absolute atomic E-state index is 0.303. The summed E-state index contributed by atoms with van der Waals surface area (Å²) in [5.41, 5.74) is 0. The number of hydrogen-bond acceptors (Lipinski definition) is 3. The molecule has 0 radical (unpaired) electrons. The molecule has 1 atom stereocenters.